The van der Waals surface area contributed by atoms with Crippen LogP contribution in [-0.4, -0.2) is 17.9 Å². The van der Waals surface area contributed by atoms with Crippen molar-refractivity contribution >= 4 is 11.5 Å². The lowest BCUT2D eigenvalue weighted by Crippen LogP contribution is -2.52. The molecule has 128 valence electrons. The monoisotopic (exact) mass is 331 g/mol. The van der Waals surface area contributed by atoms with E-state index in [4.69, 9.17) is 4.99 Å². The van der Waals surface area contributed by atoms with E-state index in [1.807, 2.05) is 0 Å². The van der Waals surface area contributed by atoms with E-state index in [1.54, 1.807) is 0 Å². The minimum Gasteiger partial charge on any atom is -0.343 e. The molecule has 0 amide bonds. The Morgan fingerprint density at radius 1 is 0.920 bits per heavy atom. The Morgan fingerprint density at radius 2 is 1.64 bits per heavy atom. The number of nitrogens with zero attached hydrogens (tertiary/aromatic N) is 1. The molecule has 2 unspecified atom stereocenters. The lowest BCUT2D eigenvalue weighted by atomic mass is 9.68. The van der Waals surface area contributed by atoms with E-state index in [1.165, 1.54) is 48.3 Å². The number of anilines is 1. The Kier molecular flexibility index (Phi) is 3.63. The van der Waals surface area contributed by atoms with Crippen LogP contribution in [-0.2, 0) is 13.0 Å². The van der Waals surface area contributed by atoms with Crippen LogP contribution >= 0.6 is 0 Å². The van der Waals surface area contributed by atoms with Gasteiger partial charge in [-0.1, -0.05) is 48.5 Å². The van der Waals surface area contributed by atoms with Crippen LogP contribution in [0.4, 0.5) is 5.69 Å². The Morgan fingerprint density at radius 3 is 2.44 bits per heavy atom. The SMILES string of the molecule is c1ccc(CN=C2Nc3ccccc3CC23CC2CCC(C3)N2)cc1. The molecule has 3 aliphatic rings. The van der Waals surface area contributed by atoms with Crippen molar-refractivity contribution in [3.8, 4) is 0 Å². The number of aliphatic imine (C=N–C) groups is 1. The van der Waals surface area contributed by atoms with E-state index in [0.717, 1.165) is 13.0 Å². The number of hydrogen-bond acceptors (Lipinski definition) is 2. The van der Waals surface area contributed by atoms with Crippen LogP contribution in [0.25, 0.3) is 0 Å². The van der Waals surface area contributed by atoms with Gasteiger partial charge in [0.1, 0.15) is 5.84 Å². The predicted molar refractivity (Wildman–Crippen MR) is 103 cm³/mol. The minimum atomic E-state index is 0.181. The molecule has 0 aliphatic carbocycles. The number of piperidine rings is 1. The molecule has 2 atom stereocenters. The van der Waals surface area contributed by atoms with Crippen molar-refractivity contribution in [2.45, 2.75) is 50.7 Å². The van der Waals surface area contributed by atoms with E-state index < -0.39 is 0 Å². The smallest absolute Gasteiger partial charge is 0.108 e. The fourth-order valence-electron chi connectivity index (χ4n) is 5.05. The zero-order valence-corrected chi connectivity index (χ0v) is 14.5. The number of rotatable bonds is 2. The van der Waals surface area contributed by atoms with Crippen LogP contribution in [0.15, 0.2) is 59.6 Å². The Labute approximate surface area is 149 Å². The topological polar surface area (TPSA) is 36.4 Å². The molecule has 2 aromatic rings. The van der Waals surface area contributed by atoms with Crippen molar-refractivity contribution in [3.63, 3.8) is 0 Å². The lowest BCUT2D eigenvalue weighted by molar-refractivity contribution is 0.235. The summed E-state index contributed by atoms with van der Waals surface area (Å²) in [6, 6.07) is 20.7. The summed E-state index contributed by atoms with van der Waals surface area (Å²) in [5, 5.41) is 7.52. The van der Waals surface area contributed by atoms with E-state index in [9.17, 15) is 0 Å². The molecular weight excluding hydrogens is 306 g/mol. The summed E-state index contributed by atoms with van der Waals surface area (Å²) >= 11 is 0. The van der Waals surface area contributed by atoms with E-state index in [2.05, 4.69) is 65.2 Å². The summed E-state index contributed by atoms with van der Waals surface area (Å²) in [7, 11) is 0. The van der Waals surface area contributed by atoms with Gasteiger partial charge in [-0.3, -0.25) is 4.99 Å². The first-order valence-electron chi connectivity index (χ1n) is 9.51. The van der Waals surface area contributed by atoms with Crippen molar-refractivity contribution in [1.29, 1.82) is 0 Å². The third kappa shape index (κ3) is 2.77. The number of fused-ring (bicyclic) bond motifs is 3. The van der Waals surface area contributed by atoms with Gasteiger partial charge in [0.25, 0.3) is 0 Å². The predicted octanol–water partition coefficient (Wildman–Crippen LogP) is 4.15. The third-order valence-corrected chi connectivity index (χ3v) is 6.17. The summed E-state index contributed by atoms with van der Waals surface area (Å²) in [6.45, 7) is 0.760. The summed E-state index contributed by atoms with van der Waals surface area (Å²) < 4.78 is 0. The molecule has 3 nitrogen and oxygen atoms in total. The second kappa shape index (κ2) is 5.99. The molecule has 1 spiro atoms. The Hall–Kier alpha value is -2.13. The average Bonchev–Trinajstić information content (AvgIpc) is 3.00. The van der Waals surface area contributed by atoms with E-state index in [-0.39, 0.29) is 5.41 Å². The summed E-state index contributed by atoms with van der Waals surface area (Å²) in [4.78, 5) is 5.10. The van der Waals surface area contributed by atoms with Crippen LogP contribution in [0.5, 0.6) is 0 Å². The number of para-hydroxylation sites is 1. The van der Waals surface area contributed by atoms with Gasteiger partial charge in [-0.25, -0.2) is 0 Å². The largest absolute Gasteiger partial charge is 0.343 e. The molecular formula is C22H25N3. The van der Waals surface area contributed by atoms with E-state index >= 15 is 0 Å². The van der Waals surface area contributed by atoms with Gasteiger partial charge >= 0.3 is 0 Å². The average molecular weight is 331 g/mol. The van der Waals surface area contributed by atoms with Gasteiger partial charge in [0, 0.05) is 23.2 Å². The molecule has 0 radical (unpaired) electrons. The second-order valence-corrected chi connectivity index (χ2v) is 7.94. The van der Waals surface area contributed by atoms with E-state index in [0.29, 0.717) is 12.1 Å². The highest BCUT2D eigenvalue weighted by Crippen LogP contribution is 2.47. The van der Waals surface area contributed by atoms with Crippen LogP contribution in [0.1, 0.15) is 36.8 Å². The van der Waals surface area contributed by atoms with Crippen LogP contribution in [0.2, 0.25) is 0 Å². The number of benzene rings is 2. The summed E-state index contributed by atoms with van der Waals surface area (Å²) in [5.74, 6) is 1.22. The fraction of sp³-hybridized carbons (Fsp3) is 0.409. The van der Waals surface area contributed by atoms with Crippen molar-refractivity contribution in [1.82, 2.24) is 5.32 Å². The standard InChI is InChI=1S/C22H25N3/c1-2-6-16(7-3-1)15-23-21-22(13-18-10-11-19(14-22)24-18)12-17-8-4-5-9-20(17)25-21/h1-9,18-19,24H,10-15H2,(H,23,25). The third-order valence-electron chi connectivity index (χ3n) is 6.17. The van der Waals surface area contributed by atoms with Gasteiger partial charge < -0.3 is 10.6 Å². The lowest BCUT2D eigenvalue weighted by Gasteiger charge is -2.45. The van der Waals surface area contributed by atoms with Crippen LogP contribution in [0.3, 0.4) is 0 Å². The van der Waals surface area contributed by atoms with Gasteiger partial charge in [-0.15, -0.1) is 0 Å². The van der Waals surface area contributed by atoms with Crippen molar-refractivity contribution in [2.75, 3.05) is 5.32 Å². The van der Waals surface area contributed by atoms with Gasteiger partial charge in [-0.05, 0) is 49.3 Å². The van der Waals surface area contributed by atoms with Crippen LogP contribution in [0, 0.1) is 5.41 Å². The molecule has 0 saturated carbocycles. The first-order valence-corrected chi connectivity index (χ1v) is 9.51. The normalized spacial score (nSPS) is 31.8. The molecule has 5 rings (SSSR count). The number of nitrogens with one attached hydrogen (secondary N) is 2. The number of hydrogen-bond donors (Lipinski definition) is 2. The summed E-state index contributed by atoms with van der Waals surface area (Å²) in [6.07, 6.45) is 6.18. The molecule has 2 bridgehead atoms. The maximum absolute atomic E-state index is 5.10. The molecule has 3 aliphatic heterocycles. The highest BCUT2D eigenvalue weighted by atomic mass is 15.1. The van der Waals surface area contributed by atoms with Gasteiger partial charge in [0.15, 0.2) is 0 Å². The van der Waals surface area contributed by atoms with Crippen LogP contribution < -0.4 is 10.6 Å². The van der Waals surface area contributed by atoms with Gasteiger partial charge in [0.05, 0.1) is 6.54 Å². The number of amidine groups is 1. The second-order valence-electron chi connectivity index (χ2n) is 7.94. The molecule has 2 aromatic carbocycles. The molecule has 3 heteroatoms. The molecule has 0 aromatic heterocycles. The summed E-state index contributed by atoms with van der Waals surface area (Å²) in [5.41, 5.74) is 4.15. The zero-order chi connectivity index (χ0) is 16.7. The fourth-order valence-corrected chi connectivity index (χ4v) is 5.05. The van der Waals surface area contributed by atoms with Crippen molar-refractivity contribution < 1.29 is 0 Å². The van der Waals surface area contributed by atoms with Crippen molar-refractivity contribution in [3.05, 3.63) is 65.7 Å². The highest BCUT2D eigenvalue weighted by molar-refractivity contribution is 6.02. The molecule has 3 heterocycles. The van der Waals surface area contributed by atoms with Gasteiger partial charge in [-0.2, -0.15) is 0 Å². The quantitative estimate of drug-likeness (QED) is 0.867. The Balaban J connectivity index is 1.52. The highest BCUT2D eigenvalue weighted by Gasteiger charge is 2.48. The molecule has 2 N–H and O–H groups in total. The molecule has 25 heavy (non-hydrogen) atoms. The zero-order valence-electron chi connectivity index (χ0n) is 14.5. The minimum absolute atomic E-state index is 0.181. The molecule has 2 saturated heterocycles. The maximum atomic E-state index is 5.10. The van der Waals surface area contributed by atoms with Crippen molar-refractivity contribution in [2.24, 2.45) is 10.4 Å². The maximum Gasteiger partial charge on any atom is 0.108 e. The Bertz CT molecular complexity index is 784. The first-order chi connectivity index (χ1) is 12.3. The van der Waals surface area contributed by atoms with Gasteiger partial charge in [0.2, 0.25) is 0 Å². The first kappa shape index (κ1) is 15.2. The molecule has 2 fully saturated rings.